The lowest BCUT2D eigenvalue weighted by Crippen LogP contribution is -3.11. The van der Waals surface area contributed by atoms with Crippen LogP contribution in [0.3, 0.4) is 0 Å². The molecule has 1 N–H and O–H groups in total. The van der Waals surface area contributed by atoms with Gasteiger partial charge in [-0.2, -0.15) is 0 Å². The van der Waals surface area contributed by atoms with E-state index in [4.69, 9.17) is 0 Å². The Morgan fingerprint density at radius 1 is 1.44 bits per heavy atom. The number of rotatable bonds is 3. The molecule has 0 bridgehead atoms. The van der Waals surface area contributed by atoms with E-state index in [1.807, 2.05) is 0 Å². The lowest BCUT2D eigenvalue weighted by atomic mass is 10.1. The summed E-state index contributed by atoms with van der Waals surface area (Å²) in [6.07, 6.45) is 3.87. The number of hydrogen-bond acceptors (Lipinski definition) is 4. The second-order valence-corrected chi connectivity index (χ2v) is 5.38. The van der Waals surface area contributed by atoms with Crippen molar-refractivity contribution in [1.29, 1.82) is 0 Å². The van der Waals surface area contributed by atoms with E-state index in [1.165, 1.54) is 48.6 Å². The van der Waals surface area contributed by atoms with Crippen LogP contribution in [0.15, 0.2) is 0 Å². The summed E-state index contributed by atoms with van der Waals surface area (Å²) in [4.78, 5) is 16.9. The molecule has 2 rings (SSSR count). The molecule has 1 aliphatic rings. The molecule has 1 fully saturated rings. The van der Waals surface area contributed by atoms with Crippen molar-refractivity contribution in [3.05, 3.63) is 15.6 Å². The van der Waals surface area contributed by atoms with Gasteiger partial charge in [-0.25, -0.2) is 4.98 Å². The van der Waals surface area contributed by atoms with Gasteiger partial charge in [0.05, 0.1) is 29.6 Å². The molecule has 2 heterocycles. The highest BCUT2D eigenvalue weighted by molar-refractivity contribution is 7.13. The van der Waals surface area contributed by atoms with E-state index in [0.29, 0.717) is 5.69 Å². The third kappa shape index (κ3) is 2.59. The van der Waals surface area contributed by atoms with Gasteiger partial charge in [0.1, 0.15) is 11.6 Å². The van der Waals surface area contributed by atoms with Crippen molar-refractivity contribution in [3.63, 3.8) is 0 Å². The van der Waals surface area contributed by atoms with E-state index in [9.17, 15) is 9.90 Å². The van der Waals surface area contributed by atoms with Crippen molar-refractivity contribution < 1.29 is 14.8 Å². The van der Waals surface area contributed by atoms with Crippen molar-refractivity contribution in [2.75, 3.05) is 13.1 Å². The largest absolute Gasteiger partial charge is 0.544 e. The standard InChI is InChI=1S/C11H16N2O2S/c1-8-10(11(14)15)16-9(12-8)7-13-5-3-2-4-6-13/h2-7H2,1H3,(H,14,15). The van der Waals surface area contributed by atoms with E-state index in [1.54, 1.807) is 6.92 Å². The van der Waals surface area contributed by atoms with Gasteiger partial charge in [0.25, 0.3) is 0 Å². The Bertz CT molecular complexity index is 383. The van der Waals surface area contributed by atoms with Gasteiger partial charge in [0.15, 0.2) is 0 Å². The molecule has 0 aliphatic carbocycles. The first-order chi connectivity index (χ1) is 7.66. The number of nitrogens with zero attached hydrogens (tertiary/aromatic N) is 1. The first-order valence-corrected chi connectivity index (χ1v) is 6.49. The second-order valence-electron chi connectivity index (χ2n) is 4.30. The van der Waals surface area contributed by atoms with Crippen molar-refractivity contribution in [3.8, 4) is 0 Å². The fourth-order valence-electron chi connectivity index (χ4n) is 2.16. The third-order valence-corrected chi connectivity index (χ3v) is 4.13. The van der Waals surface area contributed by atoms with Crippen molar-refractivity contribution >= 4 is 17.3 Å². The highest BCUT2D eigenvalue weighted by atomic mass is 32.1. The molecule has 0 aromatic carbocycles. The maximum atomic E-state index is 10.8. The average Bonchev–Trinajstić information content (AvgIpc) is 2.61. The van der Waals surface area contributed by atoms with E-state index in [2.05, 4.69) is 4.98 Å². The van der Waals surface area contributed by atoms with Gasteiger partial charge in [-0.3, -0.25) is 0 Å². The molecular formula is C11H16N2O2S. The van der Waals surface area contributed by atoms with Gasteiger partial charge in [0, 0.05) is 0 Å². The summed E-state index contributed by atoms with van der Waals surface area (Å²) in [5, 5.41) is 11.7. The van der Waals surface area contributed by atoms with Gasteiger partial charge in [-0.05, 0) is 26.2 Å². The smallest absolute Gasteiger partial charge is 0.148 e. The predicted octanol–water partition coefficient (Wildman–Crippen LogP) is -0.616. The van der Waals surface area contributed by atoms with Crippen LogP contribution in [0, 0.1) is 6.92 Å². The lowest BCUT2D eigenvalue weighted by molar-refractivity contribution is -0.918. The number of carbonyl (C=O) groups is 1. The molecule has 0 amide bonds. The Morgan fingerprint density at radius 3 is 2.69 bits per heavy atom. The number of hydrogen-bond donors (Lipinski definition) is 1. The highest BCUT2D eigenvalue weighted by Crippen LogP contribution is 2.16. The Balaban J connectivity index is 2.03. The monoisotopic (exact) mass is 240 g/mol. The van der Waals surface area contributed by atoms with Gasteiger partial charge >= 0.3 is 0 Å². The van der Waals surface area contributed by atoms with Crippen LogP contribution in [0.4, 0.5) is 0 Å². The minimum atomic E-state index is -1.10. The number of aryl methyl sites for hydroxylation is 1. The normalized spacial score (nSPS) is 17.6. The Kier molecular flexibility index (Phi) is 3.56. The maximum absolute atomic E-state index is 10.8. The molecule has 0 spiro atoms. The minimum absolute atomic E-state index is 0.284. The van der Waals surface area contributed by atoms with Gasteiger partial charge in [-0.1, -0.05) is 0 Å². The van der Waals surface area contributed by atoms with Crippen LogP contribution in [0.1, 0.15) is 39.6 Å². The Labute approximate surface area is 98.9 Å². The second kappa shape index (κ2) is 4.93. The highest BCUT2D eigenvalue weighted by Gasteiger charge is 2.17. The van der Waals surface area contributed by atoms with Crippen LogP contribution in [0.5, 0.6) is 0 Å². The van der Waals surface area contributed by atoms with Crippen molar-refractivity contribution in [2.45, 2.75) is 32.7 Å². The summed E-state index contributed by atoms with van der Waals surface area (Å²) in [6.45, 7) is 4.95. The Hall–Kier alpha value is -0.940. The molecule has 1 saturated heterocycles. The summed E-state index contributed by atoms with van der Waals surface area (Å²) >= 11 is 1.27. The van der Waals surface area contributed by atoms with E-state index < -0.39 is 5.97 Å². The summed E-state index contributed by atoms with van der Waals surface area (Å²) in [7, 11) is 0. The third-order valence-electron chi connectivity index (χ3n) is 2.99. The number of carboxylic acid groups (broad SMARTS) is 1. The summed E-state index contributed by atoms with van der Waals surface area (Å²) in [6, 6.07) is 0. The zero-order valence-corrected chi connectivity index (χ0v) is 10.2. The fraction of sp³-hybridized carbons (Fsp3) is 0.636. The van der Waals surface area contributed by atoms with E-state index in [-0.39, 0.29) is 4.88 Å². The number of aromatic nitrogens is 1. The molecular weight excluding hydrogens is 224 g/mol. The molecule has 88 valence electrons. The lowest BCUT2D eigenvalue weighted by Gasteiger charge is -2.22. The van der Waals surface area contributed by atoms with Crippen molar-refractivity contribution in [1.82, 2.24) is 4.98 Å². The molecule has 0 saturated carbocycles. The number of carboxylic acids is 1. The number of nitrogens with one attached hydrogen (secondary N) is 1. The van der Waals surface area contributed by atoms with Crippen LogP contribution in [-0.4, -0.2) is 24.0 Å². The zero-order chi connectivity index (χ0) is 11.5. The zero-order valence-electron chi connectivity index (χ0n) is 9.41. The van der Waals surface area contributed by atoms with Crippen LogP contribution < -0.4 is 10.0 Å². The number of piperidine rings is 1. The molecule has 5 heteroatoms. The molecule has 1 aromatic rings. The maximum Gasteiger partial charge on any atom is 0.148 e. The van der Waals surface area contributed by atoms with Crippen LogP contribution in [0.2, 0.25) is 0 Å². The van der Waals surface area contributed by atoms with Gasteiger partial charge < -0.3 is 14.8 Å². The number of quaternary nitrogens is 1. The quantitative estimate of drug-likeness (QED) is 0.766. The predicted molar refractivity (Wildman–Crippen MR) is 59.4 cm³/mol. The van der Waals surface area contributed by atoms with Gasteiger partial charge in [0.2, 0.25) is 0 Å². The molecule has 0 radical (unpaired) electrons. The summed E-state index contributed by atoms with van der Waals surface area (Å²) < 4.78 is 0. The topological polar surface area (TPSA) is 57.5 Å². The number of thiazole rings is 1. The summed E-state index contributed by atoms with van der Waals surface area (Å²) in [5.74, 6) is -1.10. The molecule has 0 unspecified atom stereocenters. The SMILES string of the molecule is Cc1nc(C[NH+]2CCCCC2)sc1C(=O)[O-]. The van der Waals surface area contributed by atoms with Crippen LogP contribution in [0.25, 0.3) is 0 Å². The van der Waals surface area contributed by atoms with Gasteiger partial charge in [-0.15, -0.1) is 11.3 Å². The number of carbonyl (C=O) groups excluding carboxylic acids is 1. The van der Waals surface area contributed by atoms with E-state index >= 15 is 0 Å². The molecule has 16 heavy (non-hydrogen) atoms. The first-order valence-electron chi connectivity index (χ1n) is 5.68. The first kappa shape index (κ1) is 11.5. The number of aromatic carboxylic acids is 1. The molecule has 4 nitrogen and oxygen atoms in total. The van der Waals surface area contributed by atoms with Crippen LogP contribution >= 0.6 is 11.3 Å². The number of likely N-dealkylation sites (tertiary alicyclic amines) is 1. The van der Waals surface area contributed by atoms with E-state index in [0.717, 1.165) is 11.6 Å². The molecule has 0 atom stereocenters. The molecule has 1 aliphatic heterocycles. The minimum Gasteiger partial charge on any atom is -0.544 e. The Morgan fingerprint density at radius 2 is 2.12 bits per heavy atom. The van der Waals surface area contributed by atoms with Crippen LogP contribution in [-0.2, 0) is 6.54 Å². The average molecular weight is 240 g/mol. The van der Waals surface area contributed by atoms with Crippen molar-refractivity contribution in [2.24, 2.45) is 0 Å². The fourth-order valence-corrected chi connectivity index (χ4v) is 3.13. The molecule has 1 aromatic heterocycles. The summed E-state index contributed by atoms with van der Waals surface area (Å²) in [5.41, 5.74) is 0.594.